The molecular formula is C13H21N5O6S. The van der Waals surface area contributed by atoms with Crippen LogP contribution in [0.1, 0.15) is 32.1 Å². The zero-order valence-corrected chi connectivity index (χ0v) is 14.3. The highest BCUT2D eigenvalue weighted by molar-refractivity contribution is 7.80. The summed E-state index contributed by atoms with van der Waals surface area (Å²) in [7, 11) is -4.80. The van der Waals surface area contributed by atoms with E-state index in [1.165, 1.54) is 4.90 Å². The number of hydroxylamine groups is 2. The summed E-state index contributed by atoms with van der Waals surface area (Å²) in [5.74, 6) is -0.574. The molecule has 2 bridgehead atoms. The van der Waals surface area contributed by atoms with E-state index in [9.17, 15) is 18.0 Å². The van der Waals surface area contributed by atoms with E-state index in [1.807, 2.05) is 0 Å². The van der Waals surface area contributed by atoms with Gasteiger partial charge in [-0.3, -0.25) is 9.35 Å². The van der Waals surface area contributed by atoms with Gasteiger partial charge in [0.2, 0.25) is 0 Å². The van der Waals surface area contributed by atoms with Crippen LogP contribution in [0.15, 0.2) is 4.99 Å². The lowest BCUT2D eigenvalue weighted by Crippen LogP contribution is -2.48. The minimum absolute atomic E-state index is 0.00730. The molecule has 2 unspecified atom stereocenters. The Morgan fingerprint density at radius 3 is 2.60 bits per heavy atom. The van der Waals surface area contributed by atoms with Crippen LogP contribution in [-0.4, -0.2) is 65.4 Å². The largest absolute Gasteiger partial charge is 0.418 e. The molecule has 1 saturated carbocycles. The first-order valence-corrected chi connectivity index (χ1v) is 9.42. The van der Waals surface area contributed by atoms with Crippen molar-refractivity contribution >= 4 is 28.2 Å². The van der Waals surface area contributed by atoms with Gasteiger partial charge in [0.05, 0.1) is 12.1 Å². The van der Waals surface area contributed by atoms with E-state index in [4.69, 9.17) is 16.0 Å². The van der Waals surface area contributed by atoms with Crippen molar-refractivity contribution in [2.75, 3.05) is 6.54 Å². The number of fused-ring (bicyclic) bond motifs is 2. The van der Waals surface area contributed by atoms with Gasteiger partial charge in [0.25, 0.3) is 5.91 Å². The molecule has 11 nitrogen and oxygen atoms in total. The maximum absolute atomic E-state index is 12.3. The van der Waals surface area contributed by atoms with E-state index in [1.54, 1.807) is 0 Å². The Morgan fingerprint density at radius 2 is 2.00 bits per heavy atom. The number of nitrogens with two attached hydrogens (primary N) is 2. The molecule has 0 aromatic rings. The Hall–Kier alpha value is -1.76. The summed E-state index contributed by atoms with van der Waals surface area (Å²) < 4.78 is 34.9. The Balaban J connectivity index is 1.71. The summed E-state index contributed by atoms with van der Waals surface area (Å²) >= 11 is 0. The van der Waals surface area contributed by atoms with E-state index < -0.39 is 28.5 Å². The molecule has 3 rings (SSSR count). The molecule has 0 aromatic heterocycles. The third kappa shape index (κ3) is 3.76. The first-order chi connectivity index (χ1) is 11.7. The molecule has 2 heterocycles. The second kappa shape index (κ2) is 6.52. The number of hydrogen-bond donors (Lipinski definition) is 3. The smallest absolute Gasteiger partial charge is 0.385 e. The fourth-order valence-electron chi connectivity index (χ4n) is 3.67. The maximum Gasteiger partial charge on any atom is 0.418 e. The lowest BCUT2D eigenvalue weighted by Gasteiger charge is -2.29. The molecule has 5 N–H and O–H groups in total. The molecule has 3 aliphatic rings. The van der Waals surface area contributed by atoms with Gasteiger partial charge >= 0.3 is 16.4 Å². The number of carbonyl (C=O) groups is 2. The van der Waals surface area contributed by atoms with Gasteiger partial charge in [-0.25, -0.2) is 4.79 Å². The van der Waals surface area contributed by atoms with Gasteiger partial charge in [0, 0.05) is 18.5 Å². The van der Waals surface area contributed by atoms with Gasteiger partial charge < -0.3 is 16.4 Å². The van der Waals surface area contributed by atoms with Crippen LogP contribution < -0.4 is 11.5 Å². The van der Waals surface area contributed by atoms with Gasteiger partial charge in [-0.2, -0.15) is 18.5 Å². The average Bonchev–Trinajstić information content (AvgIpc) is 3.05. The van der Waals surface area contributed by atoms with Crippen molar-refractivity contribution in [3.8, 4) is 0 Å². The number of hydrogen-bond acceptors (Lipinski definition) is 6. The van der Waals surface area contributed by atoms with Gasteiger partial charge in [0.15, 0.2) is 0 Å². The molecular weight excluding hydrogens is 354 g/mol. The minimum Gasteiger partial charge on any atom is -0.385 e. The van der Waals surface area contributed by atoms with E-state index in [2.05, 4.69) is 9.28 Å². The Kier molecular flexibility index (Phi) is 4.70. The molecule has 2 saturated heterocycles. The predicted octanol–water partition coefficient (Wildman–Crippen LogP) is -0.999. The third-order valence-corrected chi connectivity index (χ3v) is 5.25. The molecule has 3 amide bonds. The van der Waals surface area contributed by atoms with E-state index >= 15 is 0 Å². The molecule has 1 aliphatic carbocycles. The van der Waals surface area contributed by atoms with Gasteiger partial charge in [-0.1, -0.05) is 0 Å². The lowest BCUT2D eigenvalue weighted by atomic mass is 10.00. The van der Waals surface area contributed by atoms with Crippen molar-refractivity contribution in [1.82, 2.24) is 9.96 Å². The van der Waals surface area contributed by atoms with Crippen LogP contribution in [0.25, 0.3) is 0 Å². The number of piperidine rings is 1. The Bertz CT molecular complexity index is 710. The van der Waals surface area contributed by atoms with E-state index in [0.717, 1.165) is 6.42 Å². The van der Waals surface area contributed by atoms with Crippen molar-refractivity contribution in [2.45, 2.75) is 50.2 Å². The van der Waals surface area contributed by atoms with Crippen LogP contribution in [0.3, 0.4) is 0 Å². The number of rotatable bonds is 4. The molecule has 0 aromatic carbocycles. The van der Waals surface area contributed by atoms with Crippen molar-refractivity contribution in [3.05, 3.63) is 0 Å². The lowest BCUT2D eigenvalue weighted by molar-refractivity contribution is -0.121. The summed E-state index contributed by atoms with van der Waals surface area (Å²) in [5, 5.41) is 0.625. The first kappa shape index (κ1) is 18.0. The Labute approximate surface area is 144 Å². The summed E-state index contributed by atoms with van der Waals surface area (Å²) in [6.07, 6.45) is 2.82. The molecule has 4 atom stereocenters. The predicted molar refractivity (Wildman–Crippen MR) is 85.3 cm³/mol. The molecule has 2 aliphatic heterocycles. The number of amides is 3. The zero-order valence-electron chi connectivity index (χ0n) is 13.4. The fraction of sp³-hybridized carbons (Fsp3) is 0.769. The van der Waals surface area contributed by atoms with Gasteiger partial charge in [-0.15, -0.1) is 4.28 Å². The topological polar surface area (TPSA) is 169 Å². The number of urea groups is 1. The second-order valence-corrected chi connectivity index (χ2v) is 7.66. The Morgan fingerprint density at radius 1 is 1.28 bits per heavy atom. The SMILES string of the molecule is NC(=NC(=O)C1CCC(N)C1)[C@@H]1CC[C@@H]2CN1C(=O)N2OS(=O)(=O)O. The summed E-state index contributed by atoms with van der Waals surface area (Å²) in [4.78, 5) is 29.8. The quantitative estimate of drug-likeness (QED) is 0.319. The van der Waals surface area contributed by atoms with E-state index in [-0.39, 0.29) is 30.2 Å². The van der Waals surface area contributed by atoms with Crippen molar-refractivity contribution < 1.29 is 26.8 Å². The minimum atomic E-state index is -4.80. The van der Waals surface area contributed by atoms with Gasteiger partial charge in [0.1, 0.15) is 5.84 Å². The van der Waals surface area contributed by atoms with Crippen LogP contribution in [0, 0.1) is 5.92 Å². The summed E-state index contributed by atoms with van der Waals surface area (Å²) in [5.41, 5.74) is 11.7. The first-order valence-electron chi connectivity index (χ1n) is 8.06. The molecule has 25 heavy (non-hydrogen) atoms. The summed E-state index contributed by atoms with van der Waals surface area (Å²) in [6.45, 7) is 0.178. The number of aliphatic imine (C=N–C) groups is 1. The van der Waals surface area contributed by atoms with Crippen LogP contribution >= 0.6 is 0 Å². The molecule has 3 fully saturated rings. The zero-order chi connectivity index (χ0) is 18.4. The average molecular weight is 375 g/mol. The van der Waals surface area contributed by atoms with Crippen molar-refractivity contribution in [3.63, 3.8) is 0 Å². The molecule has 0 radical (unpaired) electrons. The standard InChI is InChI=1S/C13H21N5O6S/c14-8-2-1-7(5-8)12(19)16-11(15)10-4-3-9-6-17(10)13(20)18(9)24-25(21,22)23/h7-10H,1-6,14H2,(H2,15,16,19)(H,21,22,23)/t7?,8?,9-,10+/m1/s1. The number of carbonyl (C=O) groups excluding carboxylic acids is 2. The normalized spacial score (nSPS) is 33.2. The fourth-order valence-corrected chi connectivity index (χ4v) is 4.06. The van der Waals surface area contributed by atoms with Crippen LogP contribution in [0.2, 0.25) is 0 Å². The van der Waals surface area contributed by atoms with E-state index in [0.29, 0.717) is 30.7 Å². The molecule has 140 valence electrons. The van der Waals surface area contributed by atoms with Crippen molar-refractivity contribution in [1.29, 1.82) is 0 Å². The highest BCUT2D eigenvalue weighted by Gasteiger charge is 2.48. The van der Waals surface area contributed by atoms with Crippen LogP contribution in [0.4, 0.5) is 4.79 Å². The number of nitrogens with zero attached hydrogens (tertiary/aromatic N) is 3. The highest BCUT2D eigenvalue weighted by Crippen LogP contribution is 2.31. The van der Waals surface area contributed by atoms with Crippen LogP contribution in [-0.2, 0) is 19.5 Å². The monoisotopic (exact) mass is 375 g/mol. The van der Waals surface area contributed by atoms with Gasteiger partial charge in [-0.05, 0) is 32.1 Å². The third-order valence-electron chi connectivity index (χ3n) is 4.90. The molecule has 12 heteroatoms. The summed E-state index contributed by atoms with van der Waals surface area (Å²) in [6, 6.07) is -1.87. The second-order valence-electron chi connectivity index (χ2n) is 6.65. The number of amidine groups is 1. The molecule has 0 spiro atoms. The van der Waals surface area contributed by atoms with Crippen LogP contribution in [0.5, 0.6) is 0 Å². The van der Waals surface area contributed by atoms with Crippen molar-refractivity contribution in [2.24, 2.45) is 22.4 Å². The maximum atomic E-state index is 12.3. The highest BCUT2D eigenvalue weighted by atomic mass is 32.3.